The van der Waals surface area contributed by atoms with Gasteiger partial charge in [-0.25, -0.2) is 4.79 Å². The molecular weight excluding hydrogens is 364 g/mol. The quantitative estimate of drug-likeness (QED) is 0.770. The molecule has 0 unspecified atom stereocenters. The lowest BCUT2D eigenvalue weighted by atomic mass is 10.0. The number of oxime groups is 1. The molecule has 0 aromatic heterocycles. The molecule has 8 heteroatoms. The summed E-state index contributed by atoms with van der Waals surface area (Å²) in [4.78, 5) is 29.8. The SMILES string of the molecule is COC(=O)c1ccccc1NC(=O)[C@H]1CC(c2cccc(OC)c2OC)=NO1. The van der Waals surface area contributed by atoms with E-state index < -0.39 is 18.0 Å². The molecule has 3 rings (SSSR count). The van der Waals surface area contributed by atoms with Crippen LogP contribution < -0.4 is 14.8 Å². The van der Waals surface area contributed by atoms with Gasteiger partial charge in [-0.1, -0.05) is 23.4 Å². The van der Waals surface area contributed by atoms with Crippen LogP contribution in [0, 0.1) is 0 Å². The minimum absolute atomic E-state index is 0.246. The minimum Gasteiger partial charge on any atom is -0.493 e. The molecule has 1 heterocycles. The molecule has 0 bridgehead atoms. The van der Waals surface area contributed by atoms with Gasteiger partial charge in [0.15, 0.2) is 11.5 Å². The Hall–Kier alpha value is -3.55. The fourth-order valence-electron chi connectivity index (χ4n) is 2.88. The fourth-order valence-corrected chi connectivity index (χ4v) is 2.88. The Morgan fingerprint density at radius 2 is 1.86 bits per heavy atom. The Balaban J connectivity index is 1.74. The number of hydrogen-bond acceptors (Lipinski definition) is 7. The maximum absolute atomic E-state index is 12.6. The van der Waals surface area contributed by atoms with Gasteiger partial charge in [0, 0.05) is 12.0 Å². The molecule has 0 spiro atoms. The lowest BCUT2D eigenvalue weighted by Crippen LogP contribution is -2.28. The van der Waals surface area contributed by atoms with E-state index in [1.165, 1.54) is 14.2 Å². The van der Waals surface area contributed by atoms with Crippen molar-refractivity contribution < 1.29 is 28.6 Å². The summed E-state index contributed by atoms with van der Waals surface area (Å²) in [6.45, 7) is 0. The Bertz CT molecular complexity index is 925. The zero-order chi connectivity index (χ0) is 20.1. The van der Waals surface area contributed by atoms with Crippen LogP contribution in [0.4, 0.5) is 5.69 Å². The molecule has 1 atom stereocenters. The summed E-state index contributed by atoms with van der Waals surface area (Å²) < 4.78 is 15.4. The van der Waals surface area contributed by atoms with Crippen LogP contribution in [-0.4, -0.2) is 45.0 Å². The lowest BCUT2D eigenvalue weighted by molar-refractivity contribution is -0.125. The Morgan fingerprint density at radius 3 is 2.57 bits per heavy atom. The van der Waals surface area contributed by atoms with Gasteiger partial charge >= 0.3 is 5.97 Å². The van der Waals surface area contributed by atoms with Gasteiger partial charge in [0.05, 0.1) is 38.3 Å². The second-order valence-corrected chi connectivity index (χ2v) is 5.90. The van der Waals surface area contributed by atoms with Crippen LogP contribution in [0.3, 0.4) is 0 Å². The number of nitrogens with one attached hydrogen (secondary N) is 1. The number of para-hydroxylation sites is 2. The summed E-state index contributed by atoms with van der Waals surface area (Å²) in [5.41, 5.74) is 1.85. The summed E-state index contributed by atoms with van der Waals surface area (Å²) >= 11 is 0. The first-order chi connectivity index (χ1) is 13.6. The highest BCUT2D eigenvalue weighted by Crippen LogP contribution is 2.33. The van der Waals surface area contributed by atoms with Gasteiger partial charge in [0.1, 0.15) is 0 Å². The molecular formula is C20H20N2O6. The predicted molar refractivity (Wildman–Crippen MR) is 102 cm³/mol. The van der Waals surface area contributed by atoms with Crippen molar-refractivity contribution in [2.75, 3.05) is 26.6 Å². The number of amides is 1. The van der Waals surface area contributed by atoms with Gasteiger partial charge in [-0.3, -0.25) is 4.79 Å². The first-order valence-electron chi connectivity index (χ1n) is 8.51. The Morgan fingerprint density at radius 1 is 1.07 bits per heavy atom. The average molecular weight is 384 g/mol. The third-order valence-electron chi connectivity index (χ3n) is 4.27. The number of rotatable bonds is 6. The highest BCUT2D eigenvalue weighted by Gasteiger charge is 2.31. The lowest BCUT2D eigenvalue weighted by Gasteiger charge is -2.13. The van der Waals surface area contributed by atoms with Crippen LogP contribution in [-0.2, 0) is 14.4 Å². The van der Waals surface area contributed by atoms with Crippen molar-refractivity contribution in [1.29, 1.82) is 0 Å². The number of benzene rings is 2. The Kier molecular flexibility index (Phi) is 5.78. The van der Waals surface area contributed by atoms with Crippen LogP contribution in [0.2, 0.25) is 0 Å². The van der Waals surface area contributed by atoms with Crippen LogP contribution in [0.1, 0.15) is 22.3 Å². The zero-order valence-corrected chi connectivity index (χ0v) is 15.7. The van der Waals surface area contributed by atoms with Crippen molar-refractivity contribution in [3.05, 3.63) is 53.6 Å². The number of anilines is 1. The van der Waals surface area contributed by atoms with Gasteiger partial charge < -0.3 is 24.4 Å². The largest absolute Gasteiger partial charge is 0.493 e. The molecule has 1 N–H and O–H groups in total. The van der Waals surface area contributed by atoms with Crippen molar-refractivity contribution in [3.8, 4) is 11.5 Å². The summed E-state index contributed by atoms with van der Waals surface area (Å²) in [6, 6.07) is 12.0. The molecule has 28 heavy (non-hydrogen) atoms. The highest BCUT2D eigenvalue weighted by molar-refractivity contribution is 6.09. The molecule has 2 aromatic carbocycles. The average Bonchev–Trinajstić information content (AvgIpc) is 3.23. The fraction of sp³-hybridized carbons (Fsp3) is 0.250. The maximum atomic E-state index is 12.6. The van der Waals surface area contributed by atoms with E-state index in [2.05, 4.69) is 10.5 Å². The molecule has 1 amide bonds. The molecule has 0 aliphatic carbocycles. The molecule has 1 aliphatic heterocycles. The van der Waals surface area contributed by atoms with Crippen LogP contribution in [0.5, 0.6) is 11.5 Å². The van der Waals surface area contributed by atoms with E-state index in [0.717, 1.165) is 0 Å². The van der Waals surface area contributed by atoms with Crippen LogP contribution >= 0.6 is 0 Å². The van der Waals surface area contributed by atoms with E-state index in [4.69, 9.17) is 19.0 Å². The van der Waals surface area contributed by atoms with E-state index >= 15 is 0 Å². The first kappa shape index (κ1) is 19.2. The summed E-state index contributed by atoms with van der Waals surface area (Å²) in [5, 5.41) is 6.73. The predicted octanol–water partition coefficient (Wildman–Crippen LogP) is 2.62. The summed E-state index contributed by atoms with van der Waals surface area (Å²) in [5.74, 6) is 0.116. The van der Waals surface area contributed by atoms with E-state index in [-0.39, 0.29) is 12.0 Å². The zero-order valence-electron chi connectivity index (χ0n) is 15.7. The van der Waals surface area contributed by atoms with E-state index in [1.54, 1.807) is 43.5 Å². The summed E-state index contributed by atoms with van der Waals surface area (Å²) in [7, 11) is 4.36. The van der Waals surface area contributed by atoms with Crippen molar-refractivity contribution in [3.63, 3.8) is 0 Å². The smallest absolute Gasteiger partial charge is 0.339 e. The monoisotopic (exact) mass is 384 g/mol. The number of hydrogen-bond donors (Lipinski definition) is 1. The van der Waals surface area contributed by atoms with E-state index in [0.29, 0.717) is 28.5 Å². The van der Waals surface area contributed by atoms with Gasteiger partial charge in [-0.15, -0.1) is 0 Å². The molecule has 146 valence electrons. The Labute approximate surface area is 162 Å². The normalized spacial score (nSPS) is 15.2. The molecule has 0 saturated heterocycles. The number of esters is 1. The van der Waals surface area contributed by atoms with E-state index in [1.807, 2.05) is 6.07 Å². The van der Waals surface area contributed by atoms with Crippen molar-refractivity contribution in [2.45, 2.75) is 12.5 Å². The third-order valence-corrected chi connectivity index (χ3v) is 4.27. The first-order valence-corrected chi connectivity index (χ1v) is 8.51. The van der Waals surface area contributed by atoms with E-state index in [9.17, 15) is 9.59 Å². The highest BCUT2D eigenvalue weighted by atomic mass is 16.6. The second-order valence-electron chi connectivity index (χ2n) is 5.90. The van der Waals surface area contributed by atoms with Gasteiger partial charge in [0.2, 0.25) is 6.10 Å². The molecule has 0 fully saturated rings. The number of ether oxygens (including phenoxy) is 3. The minimum atomic E-state index is -0.836. The molecule has 0 saturated carbocycles. The van der Waals surface area contributed by atoms with Crippen LogP contribution in [0.25, 0.3) is 0 Å². The number of nitrogens with zero attached hydrogens (tertiary/aromatic N) is 1. The van der Waals surface area contributed by atoms with Gasteiger partial charge in [-0.05, 0) is 24.3 Å². The summed E-state index contributed by atoms with van der Waals surface area (Å²) in [6.07, 6.45) is -0.591. The third kappa shape index (κ3) is 3.75. The molecule has 2 aromatic rings. The van der Waals surface area contributed by atoms with Crippen LogP contribution in [0.15, 0.2) is 47.6 Å². The number of carbonyl (C=O) groups excluding carboxylic acids is 2. The maximum Gasteiger partial charge on any atom is 0.339 e. The standard InChI is InChI=1S/C20H20N2O6/c1-25-16-10-6-8-12(18(16)26-2)15-11-17(28-22-15)19(23)21-14-9-5-4-7-13(14)20(24)27-3/h4-10,17H,11H2,1-3H3,(H,21,23)/t17-/m1/s1. The molecule has 1 aliphatic rings. The van der Waals surface area contributed by atoms with Crippen molar-refractivity contribution in [1.82, 2.24) is 0 Å². The topological polar surface area (TPSA) is 95.5 Å². The number of carbonyl (C=O) groups is 2. The number of methoxy groups -OCH3 is 3. The van der Waals surface area contributed by atoms with Crippen molar-refractivity contribution >= 4 is 23.3 Å². The van der Waals surface area contributed by atoms with Crippen molar-refractivity contribution in [2.24, 2.45) is 5.16 Å². The molecule has 8 nitrogen and oxygen atoms in total. The second kappa shape index (κ2) is 8.43. The van der Waals surface area contributed by atoms with Gasteiger partial charge in [-0.2, -0.15) is 0 Å². The molecule has 0 radical (unpaired) electrons. The van der Waals surface area contributed by atoms with Gasteiger partial charge in [0.25, 0.3) is 5.91 Å².